The summed E-state index contributed by atoms with van der Waals surface area (Å²) in [5.74, 6) is -2.01. The highest BCUT2D eigenvalue weighted by Gasteiger charge is 2.39. The molecule has 0 rings (SSSR count). The normalized spacial score (nSPS) is 11.4. The highest BCUT2D eigenvalue weighted by molar-refractivity contribution is 9.09. The number of rotatable bonds is 11. The molecule has 0 atom stereocenters. The summed E-state index contributed by atoms with van der Waals surface area (Å²) in [6, 6.07) is 0. The summed E-state index contributed by atoms with van der Waals surface area (Å²) in [7, 11) is 0. The highest BCUT2D eigenvalue weighted by atomic mass is 79.9. The third kappa shape index (κ3) is 6.73. The van der Waals surface area contributed by atoms with E-state index in [1.807, 2.05) is 0 Å². The van der Waals surface area contributed by atoms with Gasteiger partial charge in [0.2, 0.25) is 0 Å². The van der Waals surface area contributed by atoms with Crippen molar-refractivity contribution >= 4 is 43.8 Å². The Morgan fingerprint density at radius 3 is 1.61 bits per heavy atom. The van der Waals surface area contributed by atoms with Crippen LogP contribution < -0.4 is 0 Å². The molecule has 0 unspecified atom stereocenters. The molecular weight excluding hydrogens is 368 g/mol. The van der Waals surface area contributed by atoms with Gasteiger partial charge in [-0.15, -0.1) is 0 Å². The number of alkyl halides is 2. The van der Waals surface area contributed by atoms with Crippen LogP contribution in [0.25, 0.3) is 0 Å². The smallest absolute Gasteiger partial charge is 0.310 e. The fourth-order valence-corrected chi connectivity index (χ4v) is 2.79. The number of halogens is 2. The number of aliphatic carboxylic acids is 2. The maximum absolute atomic E-state index is 11.5. The molecule has 2 N–H and O–H groups in total. The van der Waals surface area contributed by atoms with Gasteiger partial charge in [-0.25, -0.2) is 0 Å². The molecule has 0 fully saturated rings. The molecule has 0 aliphatic carbocycles. The molecule has 0 aromatic heterocycles. The number of hydrogen-bond donors (Lipinski definition) is 2. The second kappa shape index (κ2) is 9.78. The molecule has 4 nitrogen and oxygen atoms in total. The van der Waals surface area contributed by atoms with Gasteiger partial charge in [-0.3, -0.25) is 9.59 Å². The van der Waals surface area contributed by atoms with Crippen LogP contribution in [-0.4, -0.2) is 32.8 Å². The van der Waals surface area contributed by atoms with Crippen LogP contribution in [0.5, 0.6) is 0 Å². The lowest BCUT2D eigenvalue weighted by Gasteiger charge is -2.27. The molecule has 0 aliphatic rings. The molecule has 0 aromatic rings. The van der Waals surface area contributed by atoms with Crippen LogP contribution in [0.4, 0.5) is 0 Å². The molecule has 18 heavy (non-hydrogen) atoms. The Morgan fingerprint density at radius 2 is 1.33 bits per heavy atom. The van der Waals surface area contributed by atoms with Crippen LogP contribution in [0.15, 0.2) is 0 Å². The number of carboxylic acid groups (broad SMARTS) is 2. The molecule has 0 heterocycles. The van der Waals surface area contributed by atoms with Gasteiger partial charge in [0.25, 0.3) is 0 Å². The second-order valence-electron chi connectivity index (χ2n) is 4.45. The Hall–Kier alpha value is -0.100. The SMILES string of the molecule is O=C(O)CC(CCCCBr)(CCCCBr)C(=O)O. The van der Waals surface area contributed by atoms with E-state index in [9.17, 15) is 14.7 Å². The van der Waals surface area contributed by atoms with E-state index in [0.29, 0.717) is 12.8 Å². The Labute approximate surface area is 124 Å². The van der Waals surface area contributed by atoms with E-state index in [2.05, 4.69) is 31.9 Å². The maximum atomic E-state index is 11.5. The van der Waals surface area contributed by atoms with Crippen LogP contribution in [0.2, 0.25) is 0 Å². The molecule has 0 saturated carbocycles. The molecule has 0 amide bonds. The average Bonchev–Trinajstić information content (AvgIpc) is 2.28. The first-order chi connectivity index (χ1) is 8.48. The van der Waals surface area contributed by atoms with Gasteiger partial charge in [0.05, 0.1) is 11.8 Å². The summed E-state index contributed by atoms with van der Waals surface area (Å²) >= 11 is 6.60. The zero-order chi connectivity index (χ0) is 14.0. The molecule has 0 radical (unpaired) electrons. The van der Waals surface area contributed by atoms with Crippen molar-refractivity contribution in [1.82, 2.24) is 0 Å². The third-order valence-electron chi connectivity index (χ3n) is 3.02. The number of carbonyl (C=O) groups is 2. The third-order valence-corrected chi connectivity index (χ3v) is 4.14. The van der Waals surface area contributed by atoms with Crippen molar-refractivity contribution in [3.63, 3.8) is 0 Å². The lowest BCUT2D eigenvalue weighted by Crippen LogP contribution is -2.34. The van der Waals surface area contributed by atoms with Gasteiger partial charge in [0.15, 0.2) is 0 Å². The van der Waals surface area contributed by atoms with Gasteiger partial charge in [0.1, 0.15) is 0 Å². The van der Waals surface area contributed by atoms with E-state index in [-0.39, 0.29) is 6.42 Å². The minimum Gasteiger partial charge on any atom is -0.481 e. The quantitative estimate of drug-likeness (QED) is 0.419. The number of hydrogen-bond acceptors (Lipinski definition) is 2. The molecule has 106 valence electrons. The summed E-state index contributed by atoms with van der Waals surface area (Å²) in [4.78, 5) is 22.4. The summed E-state index contributed by atoms with van der Waals surface area (Å²) in [6.45, 7) is 0. The zero-order valence-corrected chi connectivity index (χ0v) is 13.5. The Kier molecular flexibility index (Phi) is 9.73. The molecule has 0 bridgehead atoms. The molecule has 0 aromatic carbocycles. The molecule has 0 saturated heterocycles. The fourth-order valence-electron chi connectivity index (χ4n) is 2.00. The van der Waals surface area contributed by atoms with E-state index >= 15 is 0 Å². The summed E-state index contributed by atoms with van der Waals surface area (Å²) in [5, 5.41) is 19.9. The first kappa shape index (κ1) is 17.9. The second-order valence-corrected chi connectivity index (χ2v) is 6.03. The van der Waals surface area contributed by atoms with Crippen molar-refractivity contribution in [3.8, 4) is 0 Å². The van der Waals surface area contributed by atoms with Crippen LogP contribution >= 0.6 is 31.9 Å². The van der Waals surface area contributed by atoms with Crippen molar-refractivity contribution in [1.29, 1.82) is 0 Å². The molecule has 0 spiro atoms. The first-order valence-electron chi connectivity index (χ1n) is 6.05. The Morgan fingerprint density at radius 1 is 0.889 bits per heavy atom. The Bertz CT molecular complexity index is 259. The monoisotopic (exact) mass is 386 g/mol. The maximum Gasteiger partial charge on any atom is 0.310 e. The largest absolute Gasteiger partial charge is 0.481 e. The summed E-state index contributed by atoms with van der Waals surface area (Å²) in [5.41, 5.74) is -1.10. The molecular formula is C12H20Br2O4. The standard InChI is InChI=1S/C12H20Br2O4/c13-7-3-1-5-12(11(17)18,9-10(15)16)6-2-4-8-14/h1-9H2,(H,15,16)(H,17,18). The predicted molar refractivity (Wildman–Crippen MR) is 77.6 cm³/mol. The van der Waals surface area contributed by atoms with Crippen molar-refractivity contribution in [2.24, 2.45) is 5.41 Å². The molecule has 6 heteroatoms. The van der Waals surface area contributed by atoms with Crippen molar-refractivity contribution in [3.05, 3.63) is 0 Å². The number of carboxylic acids is 2. The van der Waals surface area contributed by atoms with Gasteiger partial charge in [-0.1, -0.05) is 44.7 Å². The minimum absolute atomic E-state index is 0.285. The van der Waals surface area contributed by atoms with Gasteiger partial charge >= 0.3 is 11.9 Å². The van der Waals surface area contributed by atoms with Gasteiger partial charge in [0, 0.05) is 10.7 Å². The van der Waals surface area contributed by atoms with Crippen LogP contribution in [0.3, 0.4) is 0 Å². The van der Waals surface area contributed by atoms with Gasteiger partial charge < -0.3 is 10.2 Å². The van der Waals surface area contributed by atoms with Gasteiger partial charge in [-0.2, -0.15) is 0 Å². The van der Waals surface area contributed by atoms with E-state index < -0.39 is 17.4 Å². The van der Waals surface area contributed by atoms with E-state index in [1.54, 1.807) is 0 Å². The highest BCUT2D eigenvalue weighted by Crippen LogP contribution is 2.35. The van der Waals surface area contributed by atoms with Crippen LogP contribution in [0, 0.1) is 5.41 Å². The lowest BCUT2D eigenvalue weighted by atomic mass is 9.75. The average molecular weight is 388 g/mol. The van der Waals surface area contributed by atoms with E-state index in [1.165, 1.54) is 0 Å². The Balaban J connectivity index is 4.67. The minimum atomic E-state index is -1.10. The van der Waals surface area contributed by atoms with Crippen molar-refractivity contribution in [2.45, 2.75) is 44.9 Å². The van der Waals surface area contributed by atoms with Crippen molar-refractivity contribution in [2.75, 3.05) is 10.7 Å². The van der Waals surface area contributed by atoms with E-state index in [4.69, 9.17) is 5.11 Å². The first-order valence-corrected chi connectivity index (χ1v) is 8.30. The van der Waals surface area contributed by atoms with Gasteiger partial charge in [-0.05, 0) is 25.7 Å². The number of unbranched alkanes of at least 4 members (excludes halogenated alkanes) is 2. The molecule has 0 aliphatic heterocycles. The van der Waals surface area contributed by atoms with Crippen LogP contribution in [-0.2, 0) is 9.59 Å². The van der Waals surface area contributed by atoms with Crippen LogP contribution in [0.1, 0.15) is 44.9 Å². The predicted octanol–water partition coefficient (Wildman–Crippen LogP) is 3.66. The van der Waals surface area contributed by atoms with E-state index in [0.717, 1.165) is 36.3 Å². The van der Waals surface area contributed by atoms with Crippen molar-refractivity contribution < 1.29 is 19.8 Å². The zero-order valence-electron chi connectivity index (χ0n) is 10.3. The summed E-state index contributed by atoms with van der Waals surface area (Å²) in [6.07, 6.45) is 3.79. The topological polar surface area (TPSA) is 74.6 Å². The summed E-state index contributed by atoms with van der Waals surface area (Å²) < 4.78 is 0. The fraction of sp³-hybridized carbons (Fsp3) is 0.833. The lowest BCUT2D eigenvalue weighted by molar-refractivity contribution is -0.157.